The fourth-order valence-corrected chi connectivity index (χ4v) is 7.27. The average Bonchev–Trinajstić information content (AvgIpc) is 3.14. The maximum atomic E-state index is 11.8. The van der Waals surface area contributed by atoms with E-state index in [0.29, 0.717) is 11.3 Å². The zero-order valence-corrected chi connectivity index (χ0v) is 22.6. The van der Waals surface area contributed by atoms with E-state index in [-0.39, 0.29) is 17.6 Å². The van der Waals surface area contributed by atoms with E-state index in [1.165, 1.54) is 0 Å². The Morgan fingerprint density at radius 2 is 1.79 bits per heavy atom. The number of ether oxygens (including phenoxy) is 1. The lowest BCUT2D eigenvalue weighted by molar-refractivity contribution is 0.0637. The quantitative estimate of drug-likeness (QED) is 0.339. The largest absolute Gasteiger partial charge is 0.486 e. The van der Waals surface area contributed by atoms with Crippen LogP contribution in [0.25, 0.3) is 32.9 Å². The van der Waals surface area contributed by atoms with Gasteiger partial charge in [0, 0.05) is 40.7 Å². The molecule has 0 amide bonds. The van der Waals surface area contributed by atoms with Crippen LogP contribution in [0.2, 0.25) is 0 Å². The SMILES string of the molecule is Cc1cc([C@@H](C)Oc2ccccc2C2(O)CS(=O)(=O)C2)c2cc(-c3ccc4c(c3)c(C)nn4C)ncc2c1. The van der Waals surface area contributed by atoms with Gasteiger partial charge >= 0.3 is 0 Å². The van der Waals surface area contributed by atoms with Crippen LogP contribution in [0.4, 0.5) is 0 Å². The second kappa shape index (κ2) is 8.64. The van der Waals surface area contributed by atoms with Crippen molar-refractivity contribution in [3.63, 3.8) is 0 Å². The maximum absolute atomic E-state index is 11.8. The summed E-state index contributed by atoms with van der Waals surface area (Å²) in [4.78, 5) is 4.77. The summed E-state index contributed by atoms with van der Waals surface area (Å²) >= 11 is 0. The summed E-state index contributed by atoms with van der Waals surface area (Å²) in [6.07, 6.45) is 1.53. The second-order valence-corrected chi connectivity index (χ2v) is 12.5. The first-order valence-corrected chi connectivity index (χ1v) is 14.4. The number of fused-ring (bicyclic) bond motifs is 2. The number of para-hydroxylation sites is 1. The number of hydrogen-bond donors (Lipinski definition) is 1. The lowest BCUT2D eigenvalue weighted by atomic mass is 9.95. The van der Waals surface area contributed by atoms with E-state index in [1.807, 2.05) is 44.8 Å². The molecular weight excluding hydrogens is 498 g/mol. The van der Waals surface area contributed by atoms with Crippen molar-refractivity contribution >= 4 is 31.5 Å². The number of pyridine rings is 1. The Kier molecular flexibility index (Phi) is 5.59. The van der Waals surface area contributed by atoms with E-state index in [1.54, 1.807) is 18.2 Å². The Morgan fingerprint density at radius 1 is 1.03 bits per heavy atom. The summed E-state index contributed by atoms with van der Waals surface area (Å²) in [5.74, 6) is -0.102. The van der Waals surface area contributed by atoms with Crippen LogP contribution >= 0.6 is 0 Å². The third-order valence-corrected chi connectivity index (χ3v) is 9.23. The molecule has 0 saturated carbocycles. The zero-order valence-electron chi connectivity index (χ0n) is 21.8. The zero-order chi connectivity index (χ0) is 26.8. The van der Waals surface area contributed by atoms with Crippen molar-refractivity contribution < 1.29 is 18.3 Å². The van der Waals surface area contributed by atoms with Crippen molar-refractivity contribution in [3.05, 3.63) is 89.2 Å². The van der Waals surface area contributed by atoms with E-state index < -0.39 is 15.4 Å². The van der Waals surface area contributed by atoms with Crippen LogP contribution < -0.4 is 4.74 Å². The number of aryl methyl sites for hydroxylation is 3. The third-order valence-electron chi connectivity index (χ3n) is 7.39. The number of aromatic nitrogens is 3. The lowest BCUT2D eigenvalue weighted by Crippen LogP contribution is -2.52. The van der Waals surface area contributed by atoms with Gasteiger partial charge in [-0.1, -0.05) is 35.9 Å². The van der Waals surface area contributed by atoms with Crippen LogP contribution in [0.5, 0.6) is 5.75 Å². The molecule has 8 heteroatoms. The van der Waals surface area contributed by atoms with Crippen molar-refractivity contribution in [3.8, 4) is 17.0 Å². The number of sulfone groups is 1. The Bertz CT molecular complexity index is 1830. The standard InChI is InChI=1S/C30H29N3O4S/c1-18-11-22-15-31-27(21-9-10-28-23(13-21)19(2)32-33(28)4)14-25(22)24(12-18)20(3)37-29-8-6-5-7-26(29)30(34)16-38(35,36)17-30/h5-15,20,34H,16-17H2,1-4H3/t20-/m1/s1. The van der Waals surface area contributed by atoms with Crippen molar-refractivity contribution in [2.45, 2.75) is 32.5 Å². The fourth-order valence-electron chi connectivity index (χ4n) is 5.58. The number of benzene rings is 3. The Labute approximate surface area is 221 Å². The molecule has 5 aromatic rings. The molecule has 1 aliphatic heterocycles. The third kappa shape index (κ3) is 4.14. The van der Waals surface area contributed by atoms with Gasteiger partial charge in [0.05, 0.1) is 28.4 Å². The van der Waals surface area contributed by atoms with Crippen LogP contribution in [-0.4, -0.2) is 39.8 Å². The van der Waals surface area contributed by atoms with Crippen LogP contribution in [0.15, 0.2) is 66.9 Å². The average molecular weight is 528 g/mol. The summed E-state index contributed by atoms with van der Waals surface area (Å²) in [6, 6.07) is 19.7. The summed E-state index contributed by atoms with van der Waals surface area (Å²) in [7, 11) is -1.29. The Balaban J connectivity index is 1.40. The molecule has 1 atom stereocenters. The van der Waals surface area contributed by atoms with Crippen molar-refractivity contribution in [1.82, 2.24) is 14.8 Å². The molecule has 3 heterocycles. The maximum Gasteiger partial charge on any atom is 0.156 e. The highest BCUT2D eigenvalue weighted by Gasteiger charge is 2.50. The molecule has 2 aromatic heterocycles. The first-order valence-electron chi connectivity index (χ1n) is 12.6. The summed E-state index contributed by atoms with van der Waals surface area (Å²) in [5.41, 5.74) is 5.06. The molecule has 38 heavy (non-hydrogen) atoms. The van der Waals surface area contributed by atoms with E-state index in [4.69, 9.17) is 9.72 Å². The topological polar surface area (TPSA) is 94.3 Å². The van der Waals surface area contributed by atoms with Gasteiger partial charge in [-0.05, 0) is 56.5 Å². The van der Waals surface area contributed by atoms with E-state index in [2.05, 4.69) is 41.5 Å². The highest BCUT2D eigenvalue weighted by molar-refractivity contribution is 7.92. The second-order valence-electron chi connectivity index (χ2n) is 10.4. The summed E-state index contributed by atoms with van der Waals surface area (Å²) in [5, 5.41) is 18.6. The minimum atomic E-state index is -3.23. The van der Waals surface area contributed by atoms with Gasteiger partial charge in [-0.25, -0.2) is 8.42 Å². The molecule has 0 aliphatic carbocycles. The molecule has 194 valence electrons. The van der Waals surface area contributed by atoms with Gasteiger partial charge in [-0.15, -0.1) is 0 Å². The highest BCUT2D eigenvalue weighted by Crippen LogP contribution is 2.41. The molecule has 6 rings (SSSR count). The molecule has 1 fully saturated rings. The molecule has 1 aliphatic rings. The first-order chi connectivity index (χ1) is 18.0. The monoisotopic (exact) mass is 527 g/mol. The predicted octanol–water partition coefficient (Wildman–Crippen LogP) is 5.16. The first kappa shape index (κ1) is 24.6. The van der Waals surface area contributed by atoms with E-state index in [9.17, 15) is 13.5 Å². The molecular formula is C30H29N3O4S. The van der Waals surface area contributed by atoms with Crippen molar-refractivity contribution in [2.24, 2.45) is 7.05 Å². The number of hydrogen-bond acceptors (Lipinski definition) is 6. The Hall–Kier alpha value is -3.75. The van der Waals surface area contributed by atoms with E-state index in [0.717, 1.165) is 49.8 Å². The summed E-state index contributed by atoms with van der Waals surface area (Å²) < 4.78 is 32.0. The van der Waals surface area contributed by atoms with Crippen LogP contribution in [0.1, 0.15) is 35.4 Å². The van der Waals surface area contributed by atoms with Gasteiger partial charge in [-0.3, -0.25) is 9.67 Å². The number of aliphatic hydroxyl groups is 1. The van der Waals surface area contributed by atoms with Gasteiger partial charge < -0.3 is 9.84 Å². The van der Waals surface area contributed by atoms with E-state index >= 15 is 0 Å². The minimum Gasteiger partial charge on any atom is -0.486 e. The highest BCUT2D eigenvalue weighted by atomic mass is 32.2. The molecule has 3 aromatic carbocycles. The molecule has 0 bridgehead atoms. The van der Waals surface area contributed by atoms with Gasteiger partial charge in [0.15, 0.2) is 9.84 Å². The fraction of sp³-hybridized carbons (Fsp3) is 0.267. The minimum absolute atomic E-state index is 0.294. The molecule has 1 N–H and O–H groups in total. The van der Waals surface area contributed by atoms with Crippen LogP contribution in [-0.2, 0) is 22.5 Å². The molecule has 0 unspecified atom stereocenters. The summed E-state index contributed by atoms with van der Waals surface area (Å²) in [6.45, 7) is 6.02. The molecule has 0 spiro atoms. The number of nitrogens with zero attached hydrogens (tertiary/aromatic N) is 3. The van der Waals surface area contributed by atoms with Crippen LogP contribution in [0.3, 0.4) is 0 Å². The Morgan fingerprint density at radius 3 is 2.55 bits per heavy atom. The molecule has 1 saturated heterocycles. The smallest absolute Gasteiger partial charge is 0.156 e. The van der Waals surface area contributed by atoms with Crippen LogP contribution in [0, 0.1) is 13.8 Å². The van der Waals surface area contributed by atoms with Crippen molar-refractivity contribution in [2.75, 3.05) is 11.5 Å². The predicted molar refractivity (Wildman–Crippen MR) is 149 cm³/mol. The van der Waals surface area contributed by atoms with Crippen molar-refractivity contribution in [1.29, 1.82) is 0 Å². The molecule has 7 nitrogen and oxygen atoms in total. The number of rotatable bonds is 5. The van der Waals surface area contributed by atoms with Gasteiger partial charge in [0.2, 0.25) is 0 Å². The lowest BCUT2D eigenvalue weighted by Gasteiger charge is -2.37. The van der Waals surface area contributed by atoms with Gasteiger partial charge in [0.1, 0.15) is 17.5 Å². The normalized spacial score (nSPS) is 16.9. The van der Waals surface area contributed by atoms with Gasteiger partial charge in [0.25, 0.3) is 0 Å². The molecule has 0 radical (unpaired) electrons. The van der Waals surface area contributed by atoms with Gasteiger partial charge in [-0.2, -0.15) is 5.10 Å².